The molecule has 0 atom stereocenters. The van der Waals surface area contributed by atoms with E-state index in [9.17, 15) is 0 Å². The van der Waals surface area contributed by atoms with Crippen LogP contribution in [0, 0.1) is 0 Å². The number of methoxy groups -OCH3 is 2. The van der Waals surface area contributed by atoms with Gasteiger partial charge in [-0.15, -0.1) is 20.4 Å². The van der Waals surface area contributed by atoms with Crippen molar-refractivity contribution in [3.63, 3.8) is 0 Å². The average Bonchev–Trinajstić information content (AvgIpc) is 3.79. The maximum Gasteiger partial charge on any atom is 0.196 e. The van der Waals surface area contributed by atoms with Crippen LogP contribution in [0.25, 0.3) is 34.2 Å². The van der Waals surface area contributed by atoms with E-state index in [1.165, 1.54) is 0 Å². The third kappa shape index (κ3) is 6.83. The third-order valence-electron chi connectivity index (χ3n) is 7.55. The van der Waals surface area contributed by atoms with E-state index in [-0.39, 0.29) is 0 Å². The molecule has 0 N–H and O–H groups in total. The zero-order valence-corrected chi connectivity index (χ0v) is 27.9. The molecular formula is C37H31N7O2S2. The number of hydrogen-bond acceptors (Lipinski definition) is 9. The molecule has 0 saturated heterocycles. The van der Waals surface area contributed by atoms with E-state index in [1.807, 2.05) is 103 Å². The highest BCUT2D eigenvalue weighted by atomic mass is 32.2. The lowest BCUT2D eigenvalue weighted by molar-refractivity contribution is 0.414. The van der Waals surface area contributed by atoms with E-state index in [0.29, 0.717) is 11.5 Å². The second-order valence-corrected chi connectivity index (χ2v) is 12.5. The van der Waals surface area contributed by atoms with Gasteiger partial charge in [0.2, 0.25) is 0 Å². The Morgan fingerprint density at radius 2 is 0.896 bits per heavy atom. The van der Waals surface area contributed by atoms with Crippen molar-refractivity contribution in [2.45, 2.75) is 21.8 Å². The minimum Gasteiger partial charge on any atom is -0.497 e. The molecular weight excluding hydrogens is 639 g/mol. The molecule has 0 saturated carbocycles. The van der Waals surface area contributed by atoms with Crippen molar-refractivity contribution in [1.82, 2.24) is 34.5 Å². The van der Waals surface area contributed by atoms with Crippen LogP contribution in [0.2, 0.25) is 0 Å². The normalized spacial score (nSPS) is 11.0. The van der Waals surface area contributed by atoms with Crippen molar-refractivity contribution >= 4 is 23.5 Å². The zero-order chi connectivity index (χ0) is 32.7. The molecule has 0 unspecified atom stereocenters. The average molecular weight is 670 g/mol. The number of benzene rings is 4. The van der Waals surface area contributed by atoms with Gasteiger partial charge in [0.25, 0.3) is 0 Å². The first kappa shape index (κ1) is 31.2. The Kier molecular flexibility index (Phi) is 9.48. The SMILES string of the molecule is COc1ccc(-c2nnc(SCc3cccc(CSc4nnc(-c5ccc(OC)cc5)n4-c4ccccc4)n3)n2-c2ccccc2)cc1. The fourth-order valence-electron chi connectivity index (χ4n) is 5.17. The Hall–Kier alpha value is -5.39. The number of aromatic nitrogens is 7. The van der Waals surface area contributed by atoms with Gasteiger partial charge in [-0.3, -0.25) is 14.1 Å². The summed E-state index contributed by atoms with van der Waals surface area (Å²) in [5.74, 6) is 4.38. The van der Waals surface area contributed by atoms with Crippen LogP contribution in [0.15, 0.2) is 138 Å². The Labute approximate surface area is 287 Å². The molecule has 0 radical (unpaired) electrons. The predicted octanol–water partition coefficient (Wildman–Crippen LogP) is 8.18. The molecule has 4 aromatic carbocycles. The van der Waals surface area contributed by atoms with Crippen LogP contribution < -0.4 is 9.47 Å². The number of hydrogen-bond donors (Lipinski definition) is 0. The van der Waals surface area contributed by atoms with E-state index >= 15 is 0 Å². The van der Waals surface area contributed by atoms with Crippen LogP contribution in [0.1, 0.15) is 11.4 Å². The first-order valence-corrected chi connectivity index (χ1v) is 17.2. The van der Waals surface area contributed by atoms with Gasteiger partial charge >= 0.3 is 0 Å². The Morgan fingerprint density at radius 1 is 0.479 bits per heavy atom. The van der Waals surface area contributed by atoms with Crippen LogP contribution in [0.4, 0.5) is 0 Å². The fraction of sp³-hybridized carbons (Fsp3) is 0.108. The number of pyridine rings is 1. The summed E-state index contributed by atoms with van der Waals surface area (Å²) in [7, 11) is 3.32. The van der Waals surface area contributed by atoms with E-state index < -0.39 is 0 Å². The van der Waals surface area contributed by atoms with Crippen LogP contribution in [-0.4, -0.2) is 48.7 Å². The first-order chi connectivity index (χ1) is 23.7. The molecule has 0 aliphatic carbocycles. The summed E-state index contributed by atoms with van der Waals surface area (Å²) in [6, 6.07) is 42.2. The summed E-state index contributed by atoms with van der Waals surface area (Å²) >= 11 is 3.21. The summed E-state index contributed by atoms with van der Waals surface area (Å²) in [4.78, 5) is 4.99. The fourth-order valence-corrected chi connectivity index (χ4v) is 6.88. The molecule has 0 aliphatic rings. The lowest BCUT2D eigenvalue weighted by atomic mass is 10.2. The number of thioether (sulfide) groups is 2. The molecule has 7 aromatic rings. The summed E-state index contributed by atoms with van der Waals surface area (Å²) in [6.45, 7) is 0. The highest BCUT2D eigenvalue weighted by Gasteiger charge is 2.18. The molecule has 0 amide bonds. The van der Waals surface area contributed by atoms with Crippen molar-refractivity contribution < 1.29 is 9.47 Å². The molecule has 9 nitrogen and oxygen atoms in total. The number of para-hydroxylation sites is 2. The van der Waals surface area contributed by atoms with E-state index in [1.54, 1.807) is 37.7 Å². The van der Waals surface area contributed by atoms with Crippen molar-refractivity contribution in [2.75, 3.05) is 14.2 Å². The van der Waals surface area contributed by atoms with Crippen LogP contribution >= 0.6 is 23.5 Å². The molecule has 0 aliphatic heterocycles. The van der Waals surface area contributed by atoms with Gasteiger partial charge in [-0.25, -0.2) is 0 Å². The van der Waals surface area contributed by atoms with Gasteiger partial charge < -0.3 is 9.47 Å². The second kappa shape index (κ2) is 14.6. The largest absolute Gasteiger partial charge is 0.497 e. The molecule has 0 fully saturated rings. The number of nitrogens with zero attached hydrogens (tertiary/aromatic N) is 7. The summed E-state index contributed by atoms with van der Waals surface area (Å²) in [5.41, 5.74) is 5.80. The zero-order valence-electron chi connectivity index (χ0n) is 26.3. The van der Waals surface area contributed by atoms with Crippen molar-refractivity contribution in [1.29, 1.82) is 0 Å². The minimum absolute atomic E-state index is 0.633. The predicted molar refractivity (Wildman–Crippen MR) is 190 cm³/mol. The van der Waals surface area contributed by atoms with Gasteiger partial charge in [-0.05, 0) is 84.9 Å². The standard InChI is InChI=1S/C37H31N7O2S2/c1-45-32-20-16-26(17-21-32)34-39-41-36(43(34)30-12-5-3-6-13-30)47-24-28-10-9-11-29(38-28)25-48-37-42-40-35(27-18-22-33(46-2)23-19-27)44(37)31-14-7-4-8-15-31/h3-23H,24-25H2,1-2H3. The van der Waals surface area contributed by atoms with Gasteiger partial charge in [0.05, 0.1) is 25.6 Å². The monoisotopic (exact) mass is 669 g/mol. The van der Waals surface area contributed by atoms with E-state index in [2.05, 4.69) is 53.8 Å². The first-order valence-electron chi connectivity index (χ1n) is 15.2. The molecule has 11 heteroatoms. The van der Waals surface area contributed by atoms with Crippen LogP contribution in [-0.2, 0) is 11.5 Å². The van der Waals surface area contributed by atoms with Crippen molar-refractivity contribution in [2.24, 2.45) is 0 Å². The number of rotatable bonds is 12. The molecule has 238 valence electrons. The Balaban J connectivity index is 1.10. The Morgan fingerprint density at radius 3 is 1.29 bits per heavy atom. The topological polar surface area (TPSA) is 92.8 Å². The van der Waals surface area contributed by atoms with E-state index in [0.717, 1.165) is 67.4 Å². The molecule has 0 spiro atoms. The number of ether oxygens (including phenoxy) is 2. The van der Waals surface area contributed by atoms with E-state index in [4.69, 9.17) is 14.5 Å². The summed E-state index contributed by atoms with van der Waals surface area (Å²) in [6.07, 6.45) is 0. The molecule has 48 heavy (non-hydrogen) atoms. The molecule has 3 aromatic heterocycles. The molecule has 3 heterocycles. The maximum atomic E-state index is 5.35. The van der Waals surface area contributed by atoms with Gasteiger partial charge in [0, 0.05) is 34.0 Å². The second-order valence-electron chi connectivity index (χ2n) is 10.6. The molecule has 0 bridgehead atoms. The lowest BCUT2D eigenvalue weighted by Gasteiger charge is -2.11. The smallest absolute Gasteiger partial charge is 0.196 e. The quantitative estimate of drug-likeness (QED) is 0.119. The highest BCUT2D eigenvalue weighted by molar-refractivity contribution is 7.98. The van der Waals surface area contributed by atoms with Gasteiger partial charge in [0.1, 0.15) is 11.5 Å². The lowest BCUT2D eigenvalue weighted by Crippen LogP contribution is -2.01. The summed E-state index contributed by atoms with van der Waals surface area (Å²) < 4.78 is 14.9. The highest BCUT2D eigenvalue weighted by Crippen LogP contribution is 2.32. The molecule has 7 rings (SSSR count). The minimum atomic E-state index is 0.633. The van der Waals surface area contributed by atoms with Gasteiger partial charge in [0.15, 0.2) is 22.0 Å². The Bertz CT molecular complexity index is 1950. The van der Waals surface area contributed by atoms with Gasteiger partial charge in [-0.1, -0.05) is 66.0 Å². The van der Waals surface area contributed by atoms with Crippen molar-refractivity contribution in [3.8, 4) is 45.6 Å². The summed E-state index contributed by atoms with van der Waals surface area (Å²) in [5, 5.41) is 19.9. The van der Waals surface area contributed by atoms with Crippen LogP contribution in [0.3, 0.4) is 0 Å². The van der Waals surface area contributed by atoms with Gasteiger partial charge in [-0.2, -0.15) is 0 Å². The van der Waals surface area contributed by atoms with Crippen molar-refractivity contribution in [3.05, 3.63) is 139 Å². The maximum absolute atomic E-state index is 5.35. The third-order valence-corrected chi connectivity index (χ3v) is 9.48. The van der Waals surface area contributed by atoms with Crippen LogP contribution in [0.5, 0.6) is 11.5 Å².